The Bertz CT molecular complexity index is 3130. The molecule has 4 heterocycles. The van der Waals surface area contributed by atoms with Gasteiger partial charge < -0.3 is 0 Å². The molecule has 0 saturated carbocycles. The van der Waals surface area contributed by atoms with Crippen LogP contribution in [-0.4, -0.2) is 14.5 Å². The summed E-state index contributed by atoms with van der Waals surface area (Å²) in [5.41, 5.74) is 6.40. The van der Waals surface area contributed by atoms with Crippen LogP contribution in [0.15, 0.2) is 133 Å². The number of hydrogen-bond acceptors (Lipinski definition) is 4. The highest BCUT2D eigenvalue weighted by Gasteiger charge is 2.23. The molecule has 224 valence electrons. The minimum atomic E-state index is 0.856. The molecule has 0 unspecified atom stereocenters. The second-order valence-electron chi connectivity index (χ2n) is 12.7. The Kier molecular flexibility index (Phi) is 5.35. The third kappa shape index (κ3) is 3.63. The van der Waals surface area contributed by atoms with Gasteiger partial charge in [-0.2, -0.15) is 0 Å². The van der Waals surface area contributed by atoms with E-state index in [-0.39, 0.29) is 0 Å². The molecule has 0 radical (unpaired) electrons. The number of benzene rings is 7. The van der Waals surface area contributed by atoms with Gasteiger partial charge >= 0.3 is 0 Å². The zero-order valence-electron chi connectivity index (χ0n) is 25.9. The molecule has 7 aromatic carbocycles. The number of aryl methyl sites for hydroxylation is 1. The molecular formula is C43H25N3S2. The van der Waals surface area contributed by atoms with Crippen molar-refractivity contribution in [3.63, 3.8) is 0 Å². The number of nitrogens with zero attached hydrogens (tertiary/aromatic N) is 3. The number of hydrogen-bond donors (Lipinski definition) is 0. The Morgan fingerprint density at radius 1 is 0.521 bits per heavy atom. The molecule has 0 aliphatic heterocycles. The van der Waals surface area contributed by atoms with Crippen molar-refractivity contribution in [3.8, 4) is 17.1 Å². The van der Waals surface area contributed by atoms with Gasteiger partial charge in [0, 0.05) is 46.6 Å². The van der Waals surface area contributed by atoms with Crippen LogP contribution in [0.2, 0.25) is 0 Å². The van der Waals surface area contributed by atoms with Crippen LogP contribution in [0.4, 0.5) is 0 Å². The molecule has 3 nitrogen and oxygen atoms in total. The Morgan fingerprint density at radius 3 is 2.10 bits per heavy atom. The summed E-state index contributed by atoms with van der Waals surface area (Å²) in [6.45, 7) is 2.13. The lowest BCUT2D eigenvalue weighted by atomic mass is 10.0. The van der Waals surface area contributed by atoms with Crippen molar-refractivity contribution in [2.24, 2.45) is 0 Å². The zero-order chi connectivity index (χ0) is 31.5. The number of aromatic nitrogens is 3. The molecule has 4 aromatic heterocycles. The highest BCUT2D eigenvalue weighted by Crippen LogP contribution is 2.45. The lowest BCUT2D eigenvalue weighted by molar-refractivity contribution is 1.09. The molecule has 0 amide bonds. The lowest BCUT2D eigenvalue weighted by Gasteiger charge is -2.13. The summed E-state index contributed by atoms with van der Waals surface area (Å²) in [7, 11) is 0. The summed E-state index contributed by atoms with van der Waals surface area (Å²) in [6, 6.07) is 48.6. The van der Waals surface area contributed by atoms with Gasteiger partial charge in [0.2, 0.25) is 0 Å². The van der Waals surface area contributed by atoms with Gasteiger partial charge in [0.1, 0.15) is 16.0 Å². The third-order valence-electron chi connectivity index (χ3n) is 9.87. The standard InChI is InChI=1S/C43H25N3S2/c1-24-14-16-27(17-15-24)39-42(44-40-31-12-6-7-13-36(31)48-43(40)45-39)46-34-21-19-25-8-2-4-10-28(25)38(34)33-23-37-32(22-35(33)46)30-20-18-26-9-3-5-11-29(26)41(30)47-37/h2-23H,1H3. The summed E-state index contributed by atoms with van der Waals surface area (Å²) in [4.78, 5) is 11.9. The van der Waals surface area contributed by atoms with Gasteiger partial charge in [-0.3, -0.25) is 4.57 Å². The van der Waals surface area contributed by atoms with Gasteiger partial charge in [-0.05, 0) is 52.7 Å². The van der Waals surface area contributed by atoms with Crippen molar-refractivity contribution in [1.29, 1.82) is 0 Å². The summed E-state index contributed by atoms with van der Waals surface area (Å²) >= 11 is 3.61. The zero-order valence-corrected chi connectivity index (χ0v) is 27.5. The summed E-state index contributed by atoms with van der Waals surface area (Å²) in [5.74, 6) is 0.856. The third-order valence-corrected chi connectivity index (χ3v) is 12.1. The maximum Gasteiger partial charge on any atom is 0.165 e. The summed E-state index contributed by atoms with van der Waals surface area (Å²) in [6.07, 6.45) is 0. The maximum atomic E-state index is 5.57. The number of thiophene rings is 2. The quantitative estimate of drug-likeness (QED) is 0.187. The molecule has 11 rings (SSSR count). The van der Waals surface area contributed by atoms with Gasteiger partial charge in [-0.25, -0.2) is 9.97 Å². The Morgan fingerprint density at radius 2 is 1.25 bits per heavy atom. The Hall–Kier alpha value is -5.62. The van der Waals surface area contributed by atoms with E-state index in [0.717, 1.165) is 43.8 Å². The van der Waals surface area contributed by atoms with E-state index < -0.39 is 0 Å². The smallest absolute Gasteiger partial charge is 0.165 e. The van der Waals surface area contributed by atoms with Crippen LogP contribution in [0.1, 0.15) is 5.56 Å². The van der Waals surface area contributed by atoms with E-state index in [1.165, 1.54) is 62.8 Å². The predicted octanol–water partition coefficient (Wildman–Crippen LogP) is 12.6. The molecule has 0 saturated heterocycles. The highest BCUT2D eigenvalue weighted by atomic mass is 32.1. The molecule has 11 aromatic rings. The van der Waals surface area contributed by atoms with Crippen molar-refractivity contribution >= 4 is 107 Å². The van der Waals surface area contributed by atoms with Crippen LogP contribution >= 0.6 is 22.7 Å². The highest BCUT2D eigenvalue weighted by molar-refractivity contribution is 7.26. The predicted molar refractivity (Wildman–Crippen MR) is 207 cm³/mol. The van der Waals surface area contributed by atoms with Crippen LogP contribution in [-0.2, 0) is 0 Å². The van der Waals surface area contributed by atoms with E-state index >= 15 is 0 Å². The van der Waals surface area contributed by atoms with Gasteiger partial charge in [0.15, 0.2) is 5.82 Å². The Labute approximate surface area is 283 Å². The molecule has 0 aliphatic rings. The Balaban J connectivity index is 1.34. The van der Waals surface area contributed by atoms with Crippen molar-refractivity contribution in [3.05, 3.63) is 139 Å². The molecule has 0 fully saturated rings. The van der Waals surface area contributed by atoms with E-state index in [4.69, 9.17) is 9.97 Å². The molecular weight excluding hydrogens is 623 g/mol. The molecule has 48 heavy (non-hydrogen) atoms. The van der Waals surface area contributed by atoms with E-state index in [1.807, 2.05) is 11.3 Å². The fourth-order valence-electron chi connectivity index (χ4n) is 7.59. The summed E-state index contributed by atoms with van der Waals surface area (Å²) in [5, 5.41) is 11.3. The molecule has 0 bridgehead atoms. The van der Waals surface area contributed by atoms with E-state index in [0.29, 0.717) is 0 Å². The maximum absolute atomic E-state index is 5.57. The van der Waals surface area contributed by atoms with Crippen molar-refractivity contribution in [2.45, 2.75) is 6.92 Å². The minimum absolute atomic E-state index is 0.856. The first-order valence-electron chi connectivity index (χ1n) is 16.2. The average Bonchev–Trinajstić information content (AvgIpc) is 3.79. The first-order chi connectivity index (χ1) is 23.7. The monoisotopic (exact) mass is 647 g/mol. The van der Waals surface area contributed by atoms with Crippen LogP contribution in [0, 0.1) is 6.92 Å². The van der Waals surface area contributed by atoms with Gasteiger partial charge in [0.05, 0.1) is 11.0 Å². The number of rotatable bonds is 2. The SMILES string of the molecule is Cc1ccc(-c2nc3sc4ccccc4c3nc2-n2c3cc4c(cc3c3c5ccccc5ccc32)sc2c3ccccc3ccc42)cc1. The second kappa shape index (κ2) is 9.71. The largest absolute Gasteiger partial charge is 0.292 e. The van der Waals surface area contributed by atoms with Crippen molar-refractivity contribution in [1.82, 2.24) is 14.5 Å². The minimum Gasteiger partial charge on any atom is -0.292 e. The first-order valence-corrected chi connectivity index (χ1v) is 17.8. The van der Waals surface area contributed by atoms with Crippen molar-refractivity contribution in [2.75, 3.05) is 0 Å². The molecule has 0 N–H and O–H groups in total. The molecule has 0 aliphatic carbocycles. The van der Waals surface area contributed by atoms with Crippen molar-refractivity contribution < 1.29 is 0 Å². The summed E-state index contributed by atoms with van der Waals surface area (Å²) < 4.78 is 6.22. The molecule has 0 spiro atoms. The first kappa shape index (κ1) is 26.4. The van der Waals surface area contributed by atoms with Gasteiger partial charge in [0.25, 0.3) is 0 Å². The van der Waals surface area contributed by atoms with Gasteiger partial charge in [-0.15, -0.1) is 22.7 Å². The average molecular weight is 648 g/mol. The van der Waals surface area contributed by atoms with E-state index in [9.17, 15) is 0 Å². The normalized spacial score (nSPS) is 12.3. The molecule has 0 atom stereocenters. The fraction of sp³-hybridized carbons (Fsp3) is 0.0233. The van der Waals surface area contributed by atoms with Crippen LogP contribution in [0.25, 0.3) is 101 Å². The van der Waals surface area contributed by atoms with Crippen LogP contribution in [0.3, 0.4) is 0 Å². The second-order valence-corrected chi connectivity index (χ2v) is 14.7. The number of fused-ring (bicyclic) bond motifs is 13. The molecule has 5 heteroatoms. The van der Waals surface area contributed by atoms with E-state index in [2.05, 4.69) is 145 Å². The van der Waals surface area contributed by atoms with Gasteiger partial charge in [-0.1, -0.05) is 115 Å². The van der Waals surface area contributed by atoms with Crippen LogP contribution < -0.4 is 0 Å². The lowest BCUT2D eigenvalue weighted by Crippen LogP contribution is -2.03. The van der Waals surface area contributed by atoms with E-state index in [1.54, 1.807) is 11.3 Å². The fourth-order valence-corrected chi connectivity index (χ4v) is 9.86. The van der Waals surface area contributed by atoms with Crippen LogP contribution in [0.5, 0.6) is 0 Å². The topological polar surface area (TPSA) is 30.7 Å².